The van der Waals surface area contributed by atoms with E-state index in [-0.39, 0.29) is 23.9 Å². The minimum Gasteiger partial charge on any atom is -0.497 e. The molecule has 1 aliphatic rings. The summed E-state index contributed by atoms with van der Waals surface area (Å²) in [5.41, 5.74) is 2.28. The van der Waals surface area contributed by atoms with Crippen molar-refractivity contribution in [2.45, 2.75) is 12.7 Å². The summed E-state index contributed by atoms with van der Waals surface area (Å²) in [5.74, 6) is -0.165. The Labute approximate surface area is 214 Å². The fraction of sp³-hybridized carbons (Fsp3) is 0.154. The molecule has 194 valence electrons. The minimum atomic E-state index is -4.47. The number of carbonyl (C=O) groups is 1. The second-order valence-corrected chi connectivity index (χ2v) is 8.30. The summed E-state index contributed by atoms with van der Waals surface area (Å²) in [6.07, 6.45) is -1.75. The van der Waals surface area contributed by atoms with Gasteiger partial charge in [-0.15, -0.1) is 0 Å². The number of nitrogens with one attached hydrogen (secondary N) is 1. The molecule has 38 heavy (non-hydrogen) atoms. The van der Waals surface area contributed by atoms with Gasteiger partial charge in [0.2, 0.25) is 11.9 Å². The molecule has 0 spiro atoms. The van der Waals surface area contributed by atoms with Crippen LogP contribution in [0.5, 0.6) is 5.75 Å². The number of anilines is 4. The summed E-state index contributed by atoms with van der Waals surface area (Å²) in [4.78, 5) is 28.5. The van der Waals surface area contributed by atoms with Crippen molar-refractivity contribution in [1.82, 2.24) is 15.0 Å². The first-order chi connectivity index (χ1) is 18.2. The molecule has 0 atom stereocenters. The molecule has 4 aromatic rings. The number of aromatic nitrogens is 3. The van der Waals surface area contributed by atoms with Gasteiger partial charge in [-0.2, -0.15) is 22.5 Å². The average molecular weight is 524 g/mol. The molecule has 0 unspecified atom stereocenters. The molecule has 2 aromatic heterocycles. The predicted octanol–water partition coefficient (Wildman–Crippen LogP) is 5.94. The van der Waals surface area contributed by atoms with Gasteiger partial charge < -0.3 is 10.1 Å². The maximum absolute atomic E-state index is 14.2. The summed E-state index contributed by atoms with van der Waals surface area (Å²) >= 11 is 0. The van der Waals surface area contributed by atoms with Gasteiger partial charge in [0.1, 0.15) is 12.3 Å². The standard InChI is InChI=1S/C26H20F4N6O2/c1-38-20-10-8-18(9-11-20)35-14-17-13-32-24(33-15-26(28,29)30)34-23(17)36(25(35)37)19-6-4-16(5-7-19)21-3-2-12-31-22(21)27/h2-13H,14-15H2,1H3,(H,32,33,34). The van der Waals surface area contributed by atoms with E-state index in [2.05, 4.69) is 20.3 Å². The highest BCUT2D eigenvalue weighted by Crippen LogP contribution is 2.37. The SMILES string of the molecule is COc1ccc(N2Cc3cnc(NCC(F)(F)F)nc3N(c3ccc(-c4cccnc4F)cc3)C2=O)cc1. The monoisotopic (exact) mass is 524 g/mol. The quantitative estimate of drug-likeness (QED) is 0.248. The van der Waals surface area contributed by atoms with Crippen molar-refractivity contribution in [3.63, 3.8) is 0 Å². The molecule has 1 aliphatic heterocycles. The van der Waals surface area contributed by atoms with E-state index < -0.39 is 24.7 Å². The molecule has 2 aromatic carbocycles. The van der Waals surface area contributed by atoms with Crippen LogP contribution in [0.2, 0.25) is 0 Å². The van der Waals surface area contributed by atoms with Crippen LogP contribution < -0.4 is 19.9 Å². The first-order valence-corrected chi connectivity index (χ1v) is 11.4. The normalized spacial score (nSPS) is 13.3. The lowest BCUT2D eigenvalue weighted by molar-refractivity contribution is -0.115. The van der Waals surface area contributed by atoms with Crippen molar-refractivity contribution < 1.29 is 27.1 Å². The molecule has 0 saturated heterocycles. The molecule has 0 saturated carbocycles. The first kappa shape index (κ1) is 24.9. The van der Waals surface area contributed by atoms with Gasteiger partial charge in [0.25, 0.3) is 0 Å². The number of fused-ring (bicyclic) bond motifs is 1. The second kappa shape index (κ2) is 9.96. The summed E-state index contributed by atoms with van der Waals surface area (Å²) in [7, 11) is 1.53. The first-order valence-electron chi connectivity index (χ1n) is 11.4. The lowest BCUT2D eigenvalue weighted by Gasteiger charge is -2.36. The lowest BCUT2D eigenvalue weighted by Crippen LogP contribution is -2.45. The Kier molecular flexibility index (Phi) is 6.53. The summed E-state index contributed by atoms with van der Waals surface area (Å²) in [6, 6.07) is 16.0. The highest BCUT2D eigenvalue weighted by Gasteiger charge is 2.35. The molecule has 2 amide bonds. The zero-order chi connectivity index (χ0) is 26.9. The summed E-state index contributed by atoms with van der Waals surface area (Å²) in [5, 5.41) is 2.15. The number of hydrogen-bond donors (Lipinski definition) is 1. The van der Waals surface area contributed by atoms with Crippen LogP contribution in [0.3, 0.4) is 0 Å². The number of nitrogens with zero attached hydrogens (tertiary/aromatic N) is 5. The van der Waals surface area contributed by atoms with Crippen molar-refractivity contribution in [1.29, 1.82) is 0 Å². The van der Waals surface area contributed by atoms with Gasteiger partial charge in [0.05, 0.1) is 19.3 Å². The van der Waals surface area contributed by atoms with Crippen molar-refractivity contribution in [2.75, 3.05) is 28.8 Å². The average Bonchev–Trinajstić information content (AvgIpc) is 2.92. The van der Waals surface area contributed by atoms with Crippen molar-refractivity contribution in [3.05, 3.63) is 84.6 Å². The maximum Gasteiger partial charge on any atom is 0.405 e. The van der Waals surface area contributed by atoms with Gasteiger partial charge in [-0.25, -0.2) is 19.7 Å². The Balaban J connectivity index is 1.55. The fourth-order valence-electron chi connectivity index (χ4n) is 4.00. The molecule has 5 rings (SSSR count). The number of pyridine rings is 1. The van der Waals surface area contributed by atoms with E-state index in [1.807, 2.05) is 0 Å². The maximum atomic E-state index is 14.2. The number of hydrogen-bond acceptors (Lipinski definition) is 6. The predicted molar refractivity (Wildman–Crippen MR) is 133 cm³/mol. The number of amides is 2. The Bertz CT molecular complexity index is 1460. The van der Waals surface area contributed by atoms with E-state index in [9.17, 15) is 22.4 Å². The number of carbonyl (C=O) groups excluding carboxylic acids is 1. The van der Waals surface area contributed by atoms with Crippen LogP contribution >= 0.6 is 0 Å². The van der Waals surface area contributed by atoms with E-state index in [1.54, 1.807) is 60.7 Å². The third-order valence-corrected chi connectivity index (χ3v) is 5.83. The van der Waals surface area contributed by atoms with Crippen LogP contribution in [0, 0.1) is 5.95 Å². The van der Waals surface area contributed by atoms with Gasteiger partial charge in [0, 0.05) is 29.2 Å². The highest BCUT2D eigenvalue weighted by atomic mass is 19.4. The van der Waals surface area contributed by atoms with Gasteiger partial charge >= 0.3 is 12.2 Å². The van der Waals surface area contributed by atoms with Crippen molar-refractivity contribution >= 4 is 29.2 Å². The van der Waals surface area contributed by atoms with Crippen LogP contribution in [-0.4, -0.2) is 40.8 Å². The zero-order valence-corrected chi connectivity index (χ0v) is 19.9. The highest BCUT2D eigenvalue weighted by molar-refractivity contribution is 6.10. The fourth-order valence-corrected chi connectivity index (χ4v) is 4.00. The number of rotatable bonds is 6. The Morgan fingerprint density at radius 2 is 1.71 bits per heavy atom. The van der Waals surface area contributed by atoms with Crippen LogP contribution in [0.15, 0.2) is 73.1 Å². The number of alkyl halides is 3. The van der Waals surface area contributed by atoms with Crippen LogP contribution in [0.4, 0.5) is 45.5 Å². The number of benzene rings is 2. The lowest BCUT2D eigenvalue weighted by atomic mass is 10.1. The van der Waals surface area contributed by atoms with Gasteiger partial charge in [-0.3, -0.25) is 4.90 Å². The molecule has 0 aliphatic carbocycles. The molecule has 8 nitrogen and oxygen atoms in total. The molecule has 0 bridgehead atoms. The van der Waals surface area contributed by atoms with Gasteiger partial charge in [-0.05, 0) is 54.1 Å². The smallest absolute Gasteiger partial charge is 0.405 e. The van der Waals surface area contributed by atoms with E-state index in [0.29, 0.717) is 28.3 Å². The third kappa shape index (κ3) is 5.05. The van der Waals surface area contributed by atoms with E-state index >= 15 is 0 Å². The van der Waals surface area contributed by atoms with Crippen molar-refractivity contribution in [3.8, 4) is 16.9 Å². The van der Waals surface area contributed by atoms with Crippen LogP contribution in [0.25, 0.3) is 11.1 Å². The van der Waals surface area contributed by atoms with E-state index in [0.717, 1.165) is 0 Å². The molecule has 1 N–H and O–H groups in total. The van der Waals surface area contributed by atoms with Gasteiger partial charge in [-0.1, -0.05) is 12.1 Å². The molecule has 0 fully saturated rings. The largest absolute Gasteiger partial charge is 0.497 e. The number of ether oxygens (including phenoxy) is 1. The van der Waals surface area contributed by atoms with E-state index in [4.69, 9.17) is 4.74 Å². The number of urea groups is 1. The minimum absolute atomic E-state index is 0.0928. The molecule has 3 heterocycles. The Hall–Kier alpha value is -4.74. The topological polar surface area (TPSA) is 83.5 Å². The number of halogens is 4. The molecular weight excluding hydrogens is 504 g/mol. The molecule has 0 radical (unpaired) electrons. The molecular formula is C26H20F4N6O2. The summed E-state index contributed by atoms with van der Waals surface area (Å²) < 4.78 is 57.6. The van der Waals surface area contributed by atoms with E-state index in [1.165, 1.54) is 29.3 Å². The zero-order valence-electron chi connectivity index (χ0n) is 19.9. The molecule has 12 heteroatoms. The third-order valence-electron chi connectivity index (χ3n) is 5.83. The number of methoxy groups -OCH3 is 1. The van der Waals surface area contributed by atoms with Gasteiger partial charge in [0.15, 0.2) is 5.82 Å². The van der Waals surface area contributed by atoms with Crippen LogP contribution in [-0.2, 0) is 6.54 Å². The van der Waals surface area contributed by atoms with Crippen molar-refractivity contribution in [2.24, 2.45) is 0 Å². The summed E-state index contributed by atoms with van der Waals surface area (Å²) in [6.45, 7) is -1.24. The Morgan fingerprint density at radius 3 is 2.37 bits per heavy atom. The van der Waals surface area contributed by atoms with Crippen LogP contribution in [0.1, 0.15) is 5.56 Å². The second-order valence-electron chi connectivity index (χ2n) is 8.30. The Morgan fingerprint density at radius 1 is 1.00 bits per heavy atom.